The van der Waals surface area contributed by atoms with E-state index in [2.05, 4.69) is 13.8 Å². The van der Waals surface area contributed by atoms with E-state index in [1.54, 1.807) is 0 Å². The standard InChI is InChI=1S/C4H10Se2/c1-3-5-6-4-2/h3-4H2,1-2H3. The predicted molar refractivity (Wildman–Crippen MR) is 32.5 cm³/mol. The molecule has 0 saturated carbocycles. The van der Waals surface area contributed by atoms with E-state index in [0.717, 1.165) is 26.3 Å². The van der Waals surface area contributed by atoms with Crippen LogP contribution >= 0.6 is 0 Å². The van der Waals surface area contributed by atoms with E-state index in [9.17, 15) is 0 Å². The first-order valence-electron chi connectivity index (χ1n) is 2.16. The van der Waals surface area contributed by atoms with Gasteiger partial charge in [-0.15, -0.1) is 0 Å². The quantitative estimate of drug-likeness (QED) is 0.491. The fourth-order valence-corrected chi connectivity index (χ4v) is 4.50. The molecule has 0 fully saturated rings. The minimum absolute atomic E-state index is 1.03. The number of hydrogen-bond acceptors (Lipinski definition) is 0. The van der Waals surface area contributed by atoms with Gasteiger partial charge in [-0.3, -0.25) is 0 Å². The fourth-order valence-electron chi connectivity index (χ4n) is 0.167. The number of rotatable bonds is 3. The third kappa shape index (κ3) is 5.04. The molecule has 0 heterocycles. The summed E-state index contributed by atoms with van der Waals surface area (Å²) in [6, 6.07) is 0. The van der Waals surface area contributed by atoms with E-state index in [0.29, 0.717) is 0 Å². The molecule has 0 aromatic heterocycles. The van der Waals surface area contributed by atoms with Crippen molar-refractivity contribution in [3.8, 4) is 0 Å². The maximum atomic E-state index is 2.28. The topological polar surface area (TPSA) is 0 Å². The van der Waals surface area contributed by atoms with Crippen molar-refractivity contribution in [2.75, 3.05) is 0 Å². The first-order valence-corrected chi connectivity index (χ1v) is 8.91. The Hall–Kier alpha value is 1.04. The molecule has 0 unspecified atom stereocenters. The maximum absolute atomic E-state index is 2.28. The van der Waals surface area contributed by atoms with Crippen LogP contribution in [0.4, 0.5) is 0 Å². The second kappa shape index (κ2) is 6.04. The van der Waals surface area contributed by atoms with Crippen LogP contribution in [0.2, 0.25) is 10.6 Å². The molecule has 0 N–H and O–H groups in total. The molecule has 0 aromatic carbocycles. The van der Waals surface area contributed by atoms with E-state index >= 15 is 0 Å². The van der Waals surface area contributed by atoms with Crippen LogP contribution in [0.25, 0.3) is 0 Å². The molecule has 0 nitrogen and oxygen atoms in total. The Kier molecular flexibility index (Phi) is 7.08. The molecule has 0 amide bonds. The first-order chi connectivity index (χ1) is 2.91. The van der Waals surface area contributed by atoms with Crippen molar-refractivity contribution in [3.05, 3.63) is 0 Å². The molecule has 38 valence electrons. The first kappa shape index (κ1) is 7.04. The molecule has 0 radical (unpaired) electrons. The van der Waals surface area contributed by atoms with Gasteiger partial charge in [0.25, 0.3) is 0 Å². The van der Waals surface area contributed by atoms with Crippen molar-refractivity contribution < 1.29 is 0 Å². The summed E-state index contributed by atoms with van der Waals surface area (Å²) in [4.78, 5) is 0. The Labute approximate surface area is 50.9 Å². The van der Waals surface area contributed by atoms with Crippen LogP contribution in [0, 0.1) is 0 Å². The van der Waals surface area contributed by atoms with Gasteiger partial charge in [0.1, 0.15) is 0 Å². The molecule has 0 aliphatic rings. The molecular weight excluding hydrogens is 206 g/mol. The van der Waals surface area contributed by atoms with E-state index < -0.39 is 0 Å². The molecule has 2 heteroatoms. The van der Waals surface area contributed by atoms with Crippen LogP contribution in [-0.4, -0.2) is 26.3 Å². The summed E-state index contributed by atoms with van der Waals surface area (Å²) in [5.74, 6) is 0. The van der Waals surface area contributed by atoms with Crippen molar-refractivity contribution in [3.63, 3.8) is 0 Å². The van der Waals surface area contributed by atoms with Gasteiger partial charge in [-0.05, 0) is 0 Å². The van der Waals surface area contributed by atoms with Gasteiger partial charge in [-0.2, -0.15) is 0 Å². The molecule has 0 bridgehead atoms. The predicted octanol–water partition coefficient (Wildman–Crippen LogP) is 1.19. The molecule has 0 rings (SSSR count). The number of hydrogen-bond donors (Lipinski definition) is 0. The summed E-state index contributed by atoms with van der Waals surface area (Å²) in [6.45, 7) is 4.55. The Morgan fingerprint density at radius 1 is 1.00 bits per heavy atom. The van der Waals surface area contributed by atoms with Crippen LogP contribution in [0.5, 0.6) is 0 Å². The molecule has 0 aliphatic carbocycles. The van der Waals surface area contributed by atoms with Gasteiger partial charge in [0.15, 0.2) is 0 Å². The zero-order chi connectivity index (χ0) is 4.83. The van der Waals surface area contributed by atoms with Gasteiger partial charge >= 0.3 is 50.7 Å². The van der Waals surface area contributed by atoms with Gasteiger partial charge in [-0.1, -0.05) is 0 Å². The van der Waals surface area contributed by atoms with Crippen LogP contribution in [0.3, 0.4) is 0 Å². The monoisotopic (exact) mass is 218 g/mol. The van der Waals surface area contributed by atoms with Crippen molar-refractivity contribution in [2.45, 2.75) is 24.5 Å². The second-order valence-electron chi connectivity index (χ2n) is 0.813. The zero-order valence-corrected chi connectivity index (χ0v) is 7.66. The second-order valence-corrected chi connectivity index (χ2v) is 9.36. The van der Waals surface area contributed by atoms with E-state index in [-0.39, 0.29) is 0 Å². The van der Waals surface area contributed by atoms with Gasteiger partial charge in [0.05, 0.1) is 0 Å². The van der Waals surface area contributed by atoms with Crippen molar-refractivity contribution in [1.29, 1.82) is 0 Å². The third-order valence-electron chi connectivity index (χ3n) is 0.319. The molecule has 0 aliphatic heterocycles. The molecule has 6 heavy (non-hydrogen) atoms. The van der Waals surface area contributed by atoms with E-state index in [1.807, 2.05) is 0 Å². The van der Waals surface area contributed by atoms with Gasteiger partial charge < -0.3 is 0 Å². The van der Waals surface area contributed by atoms with E-state index in [1.165, 1.54) is 10.6 Å². The van der Waals surface area contributed by atoms with Crippen LogP contribution in [0.1, 0.15) is 13.8 Å². The third-order valence-corrected chi connectivity index (χ3v) is 8.61. The SMILES string of the molecule is CC[Se][Se]CC. The van der Waals surface area contributed by atoms with Crippen molar-refractivity contribution in [2.24, 2.45) is 0 Å². The van der Waals surface area contributed by atoms with Crippen molar-refractivity contribution >= 4 is 26.3 Å². The van der Waals surface area contributed by atoms with E-state index in [4.69, 9.17) is 0 Å². The van der Waals surface area contributed by atoms with Gasteiger partial charge in [0, 0.05) is 0 Å². The summed E-state index contributed by atoms with van der Waals surface area (Å²) >= 11 is 2.06. The summed E-state index contributed by atoms with van der Waals surface area (Å²) in [5, 5.41) is 2.89. The molecule has 0 aromatic rings. The molecule has 0 atom stereocenters. The zero-order valence-electron chi connectivity index (χ0n) is 4.23. The molecular formula is C4H10Se2. The summed E-state index contributed by atoms with van der Waals surface area (Å²) in [5.41, 5.74) is 0. The average Bonchev–Trinajstić information content (AvgIpc) is 1.61. The van der Waals surface area contributed by atoms with Crippen LogP contribution < -0.4 is 0 Å². The van der Waals surface area contributed by atoms with Crippen molar-refractivity contribution in [1.82, 2.24) is 0 Å². The van der Waals surface area contributed by atoms with Gasteiger partial charge in [-0.25, -0.2) is 0 Å². The summed E-state index contributed by atoms with van der Waals surface area (Å²) in [6.07, 6.45) is 0. The normalized spacial score (nSPS) is 9.00. The Morgan fingerprint density at radius 2 is 1.33 bits per heavy atom. The van der Waals surface area contributed by atoms with Crippen LogP contribution in [-0.2, 0) is 0 Å². The Balaban J connectivity index is 2.34. The fraction of sp³-hybridized carbons (Fsp3) is 1.00. The summed E-state index contributed by atoms with van der Waals surface area (Å²) in [7, 11) is 0. The Morgan fingerprint density at radius 3 is 1.50 bits per heavy atom. The molecule has 0 saturated heterocycles. The Bertz CT molecular complexity index is 17.5. The summed E-state index contributed by atoms with van der Waals surface area (Å²) < 4.78 is 0. The molecule has 0 spiro atoms. The minimum atomic E-state index is 1.03. The average molecular weight is 216 g/mol. The van der Waals surface area contributed by atoms with Crippen LogP contribution in [0.15, 0.2) is 0 Å². The van der Waals surface area contributed by atoms with Gasteiger partial charge in [0.2, 0.25) is 0 Å².